The highest BCUT2D eigenvalue weighted by atomic mass is 16.3. The lowest BCUT2D eigenvalue weighted by Gasteiger charge is -2.44. The third-order valence-corrected chi connectivity index (χ3v) is 5.88. The lowest BCUT2D eigenvalue weighted by Crippen LogP contribution is -2.48. The van der Waals surface area contributed by atoms with Crippen molar-refractivity contribution in [1.29, 1.82) is 0 Å². The van der Waals surface area contributed by atoms with Crippen LogP contribution in [0.5, 0.6) is 0 Å². The maximum absolute atomic E-state index is 9.92. The maximum Gasteiger partial charge on any atom is 0.0499 e. The van der Waals surface area contributed by atoms with Gasteiger partial charge in [-0.1, -0.05) is 26.7 Å². The van der Waals surface area contributed by atoms with E-state index in [0.717, 1.165) is 18.5 Å². The van der Waals surface area contributed by atoms with Gasteiger partial charge in [0.25, 0.3) is 0 Å². The molecular formula is C17H34N2O. The van der Waals surface area contributed by atoms with E-state index in [-0.39, 0.29) is 5.41 Å². The standard InChI is InChI=1S/C17H34N2O/c1-4-19-11-7-16(8-12-19)18(3)13-17(14-20)9-5-15(2)6-10-17/h15-16,20H,4-14H2,1-3H3. The normalized spacial score (nSPS) is 33.8. The number of likely N-dealkylation sites (tertiary alicyclic amines) is 1. The highest BCUT2D eigenvalue weighted by Crippen LogP contribution is 2.39. The molecule has 0 amide bonds. The minimum atomic E-state index is 0.184. The number of hydrogen-bond donors (Lipinski definition) is 1. The topological polar surface area (TPSA) is 26.7 Å². The van der Waals surface area contributed by atoms with Gasteiger partial charge in [-0.15, -0.1) is 0 Å². The number of piperidine rings is 1. The highest BCUT2D eigenvalue weighted by Gasteiger charge is 2.36. The van der Waals surface area contributed by atoms with Gasteiger partial charge in [-0.05, 0) is 58.3 Å². The first-order chi connectivity index (χ1) is 9.58. The van der Waals surface area contributed by atoms with Crippen LogP contribution in [0.1, 0.15) is 52.4 Å². The minimum Gasteiger partial charge on any atom is -0.396 e. The van der Waals surface area contributed by atoms with E-state index in [1.807, 2.05) is 0 Å². The van der Waals surface area contributed by atoms with Crippen molar-refractivity contribution >= 4 is 0 Å². The molecule has 0 bridgehead atoms. The van der Waals surface area contributed by atoms with Gasteiger partial charge in [0.1, 0.15) is 0 Å². The summed E-state index contributed by atoms with van der Waals surface area (Å²) in [7, 11) is 2.28. The summed E-state index contributed by atoms with van der Waals surface area (Å²) in [5.41, 5.74) is 0.184. The Bertz CT molecular complexity index is 279. The average Bonchev–Trinajstić information content (AvgIpc) is 2.50. The Labute approximate surface area is 125 Å². The van der Waals surface area contributed by atoms with Crippen molar-refractivity contribution in [3.8, 4) is 0 Å². The largest absolute Gasteiger partial charge is 0.396 e. The summed E-state index contributed by atoms with van der Waals surface area (Å²) in [5.74, 6) is 0.854. The molecule has 0 atom stereocenters. The van der Waals surface area contributed by atoms with Gasteiger partial charge in [-0.3, -0.25) is 0 Å². The Hall–Kier alpha value is -0.120. The third kappa shape index (κ3) is 3.96. The molecule has 2 fully saturated rings. The van der Waals surface area contributed by atoms with E-state index in [9.17, 15) is 5.11 Å². The second-order valence-electron chi connectivity index (χ2n) is 7.42. The number of rotatable bonds is 5. The molecule has 1 heterocycles. The first kappa shape index (κ1) is 16.3. The molecule has 2 rings (SSSR count). The molecule has 0 aromatic carbocycles. The summed E-state index contributed by atoms with van der Waals surface area (Å²) >= 11 is 0. The molecule has 0 radical (unpaired) electrons. The van der Waals surface area contributed by atoms with Gasteiger partial charge in [-0.2, -0.15) is 0 Å². The van der Waals surface area contributed by atoms with Crippen LogP contribution in [0.25, 0.3) is 0 Å². The van der Waals surface area contributed by atoms with Crippen LogP contribution in [0.4, 0.5) is 0 Å². The van der Waals surface area contributed by atoms with E-state index in [1.54, 1.807) is 0 Å². The van der Waals surface area contributed by atoms with Crippen molar-refractivity contribution in [3.05, 3.63) is 0 Å². The smallest absolute Gasteiger partial charge is 0.0499 e. The Morgan fingerprint density at radius 1 is 1.15 bits per heavy atom. The maximum atomic E-state index is 9.92. The Morgan fingerprint density at radius 3 is 2.25 bits per heavy atom. The fraction of sp³-hybridized carbons (Fsp3) is 1.00. The monoisotopic (exact) mass is 282 g/mol. The second-order valence-corrected chi connectivity index (χ2v) is 7.42. The SMILES string of the molecule is CCN1CCC(N(C)CC2(CO)CCC(C)CC2)CC1. The molecule has 1 saturated heterocycles. The van der Waals surface area contributed by atoms with E-state index in [4.69, 9.17) is 0 Å². The molecule has 2 aliphatic rings. The van der Waals surface area contributed by atoms with Gasteiger partial charge >= 0.3 is 0 Å². The first-order valence-electron chi connectivity index (χ1n) is 8.62. The van der Waals surface area contributed by atoms with Crippen LogP contribution < -0.4 is 0 Å². The number of aliphatic hydroxyl groups is 1. The minimum absolute atomic E-state index is 0.184. The fourth-order valence-electron chi connectivity index (χ4n) is 4.08. The van der Waals surface area contributed by atoms with Gasteiger partial charge in [0.15, 0.2) is 0 Å². The molecule has 0 spiro atoms. The van der Waals surface area contributed by atoms with E-state index >= 15 is 0 Å². The van der Waals surface area contributed by atoms with E-state index in [0.29, 0.717) is 6.61 Å². The van der Waals surface area contributed by atoms with Crippen LogP contribution >= 0.6 is 0 Å². The molecular weight excluding hydrogens is 248 g/mol. The molecule has 20 heavy (non-hydrogen) atoms. The van der Waals surface area contributed by atoms with Crippen molar-refractivity contribution in [3.63, 3.8) is 0 Å². The first-order valence-corrected chi connectivity index (χ1v) is 8.62. The molecule has 3 nitrogen and oxygen atoms in total. The van der Waals surface area contributed by atoms with Crippen molar-refractivity contribution < 1.29 is 5.11 Å². The van der Waals surface area contributed by atoms with Crippen molar-refractivity contribution in [2.75, 3.05) is 39.8 Å². The van der Waals surface area contributed by atoms with Crippen LogP contribution in [0.3, 0.4) is 0 Å². The number of nitrogens with zero attached hydrogens (tertiary/aromatic N) is 2. The summed E-state index contributed by atoms with van der Waals surface area (Å²) in [6, 6.07) is 0.723. The molecule has 0 aromatic rings. The van der Waals surface area contributed by atoms with Crippen LogP contribution in [0, 0.1) is 11.3 Å². The van der Waals surface area contributed by atoms with Crippen LogP contribution in [0.15, 0.2) is 0 Å². The van der Waals surface area contributed by atoms with Crippen molar-refractivity contribution in [2.45, 2.75) is 58.4 Å². The summed E-state index contributed by atoms with van der Waals surface area (Å²) in [5, 5.41) is 9.92. The predicted octanol–water partition coefficient (Wildman–Crippen LogP) is 2.59. The summed E-state index contributed by atoms with van der Waals surface area (Å²) in [6.07, 6.45) is 7.60. The van der Waals surface area contributed by atoms with Crippen molar-refractivity contribution in [1.82, 2.24) is 9.80 Å². The van der Waals surface area contributed by atoms with Gasteiger partial charge in [0, 0.05) is 24.6 Å². The van der Waals surface area contributed by atoms with Gasteiger partial charge in [0.2, 0.25) is 0 Å². The predicted molar refractivity (Wildman–Crippen MR) is 84.9 cm³/mol. The molecule has 1 N–H and O–H groups in total. The lowest BCUT2D eigenvalue weighted by atomic mass is 9.71. The quantitative estimate of drug-likeness (QED) is 0.839. The summed E-state index contributed by atoms with van der Waals surface area (Å²) in [4.78, 5) is 5.10. The molecule has 1 aliphatic heterocycles. The Morgan fingerprint density at radius 2 is 1.75 bits per heavy atom. The van der Waals surface area contributed by atoms with Gasteiger partial charge < -0.3 is 14.9 Å². The molecule has 118 valence electrons. The van der Waals surface area contributed by atoms with Crippen LogP contribution in [-0.2, 0) is 0 Å². The Balaban J connectivity index is 1.85. The second kappa shape index (κ2) is 7.24. The number of hydrogen-bond acceptors (Lipinski definition) is 3. The lowest BCUT2D eigenvalue weighted by molar-refractivity contribution is 0.0145. The molecule has 1 aliphatic carbocycles. The van der Waals surface area contributed by atoms with Crippen molar-refractivity contribution in [2.24, 2.45) is 11.3 Å². The van der Waals surface area contributed by atoms with E-state index < -0.39 is 0 Å². The molecule has 3 heteroatoms. The van der Waals surface area contributed by atoms with Crippen LogP contribution in [-0.4, -0.2) is 60.8 Å². The zero-order valence-electron chi connectivity index (χ0n) is 13.8. The molecule has 1 saturated carbocycles. The zero-order valence-corrected chi connectivity index (χ0v) is 13.8. The Kier molecular flexibility index (Phi) is 5.88. The highest BCUT2D eigenvalue weighted by molar-refractivity contribution is 4.89. The molecule has 0 unspecified atom stereocenters. The zero-order chi connectivity index (χ0) is 14.6. The van der Waals surface area contributed by atoms with Gasteiger partial charge in [-0.25, -0.2) is 0 Å². The van der Waals surface area contributed by atoms with Crippen LogP contribution in [0.2, 0.25) is 0 Å². The molecule has 0 aromatic heterocycles. The summed E-state index contributed by atoms with van der Waals surface area (Å²) < 4.78 is 0. The third-order valence-electron chi connectivity index (χ3n) is 5.88. The summed E-state index contributed by atoms with van der Waals surface area (Å²) in [6.45, 7) is 9.75. The van der Waals surface area contributed by atoms with E-state index in [1.165, 1.54) is 58.2 Å². The van der Waals surface area contributed by atoms with Gasteiger partial charge in [0.05, 0.1) is 0 Å². The van der Waals surface area contributed by atoms with E-state index in [2.05, 4.69) is 30.7 Å². The average molecular weight is 282 g/mol. The number of aliphatic hydroxyl groups excluding tert-OH is 1. The fourth-order valence-corrected chi connectivity index (χ4v) is 4.08.